The van der Waals surface area contributed by atoms with Gasteiger partial charge in [0.2, 0.25) is 23.5 Å². The molecule has 0 aliphatic carbocycles. The Bertz CT molecular complexity index is 698. The lowest BCUT2D eigenvalue weighted by Crippen LogP contribution is -2.36. The molecule has 1 heterocycles. The van der Waals surface area contributed by atoms with Crippen molar-refractivity contribution >= 4 is 23.4 Å². The van der Waals surface area contributed by atoms with E-state index in [0.717, 1.165) is 5.56 Å². The molecule has 128 valence electrons. The van der Waals surface area contributed by atoms with Gasteiger partial charge in [-0.1, -0.05) is 16.8 Å². The molecular weight excluding hydrogens is 332 g/mol. The Kier molecular flexibility index (Phi) is 6.31. The smallest absolute Gasteiger partial charge is 0.241 e. The van der Waals surface area contributed by atoms with E-state index in [1.165, 1.54) is 4.90 Å². The summed E-state index contributed by atoms with van der Waals surface area (Å²) in [5, 5.41) is 7.13. The molecule has 0 saturated carbocycles. The Morgan fingerprint density at radius 1 is 1.25 bits per heavy atom. The first-order chi connectivity index (χ1) is 11.5. The summed E-state index contributed by atoms with van der Waals surface area (Å²) >= 11 is 5.84. The summed E-state index contributed by atoms with van der Waals surface area (Å²) in [6.07, 6.45) is 1.35. The second-order valence-corrected chi connectivity index (χ2v) is 5.87. The minimum Gasteiger partial charge on any atom is -0.347 e. The molecule has 2 amide bonds. The zero-order valence-electron chi connectivity index (χ0n) is 13.6. The van der Waals surface area contributed by atoms with Crippen LogP contribution in [0.5, 0.6) is 0 Å². The second kappa shape index (κ2) is 8.44. The van der Waals surface area contributed by atoms with E-state index in [9.17, 15) is 9.59 Å². The van der Waals surface area contributed by atoms with Gasteiger partial charge in [0.15, 0.2) is 0 Å². The Morgan fingerprint density at radius 2 is 1.96 bits per heavy atom. The van der Waals surface area contributed by atoms with Crippen LogP contribution in [0, 0.1) is 0 Å². The van der Waals surface area contributed by atoms with E-state index in [2.05, 4.69) is 15.5 Å². The lowest BCUT2D eigenvalue weighted by molar-refractivity contribution is -0.130. The zero-order chi connectivity index (χ0) is 17.5. The van der Waals surface area contributed by atoms with Gasteiger partial charge in [-0.3, -0.25) is 9.59 Å². The molecule has 2 rings (SSSR count). The predicted octanol–water partition coefficient (Wildman–Crippen LogP) is 1.92. The van der Waals surface area contributed by atoms with Crippen molar-refractivity contribution < 1.29 is 14.1 Å². The zero-order valence-corrected chi connectivity index (χ0v) is 14.3. The number of halogens is 1. The van der Waals surface area contributed by atoms with Crippen LogP contribution in [-0.2, 0) is 16.0 Å². The van der Waals surface area contributed by atoms with Gasteiger partial charge in [0.1, 0.15) is 0 Å². The fourth-order valence-corrected chi connectivity index (χ4v) is 2.02. The molecule has 1 aromatic heterocycles. The minimum absolute atomic E-state index is 0.00705. The third kappa shape index (κ3) is 5.34. The number of hydrogen-bond acceptors (Lipinski definition) is 5. The Labute approximate surface area is 145 Å². The molecule has 0 bridgehead atoms. The normalized spacial score (nSPS) is 10.5. The van der Waals surface area contributed by atoms with Crippen molar-refractivity contribution in [1.29, 1.82) is 0 Å². The molecule has 0 unspecified atom stereocenters. The maximum absolute atomic E-state index is 11.7. The third-order valence-electron chi connectivity index (χ3n) is 3.30. The number of hydrogen-bond donors (Lipinski definition) is 1. The highest BCUT2D eigenvalue weighted by molar-refractivity contribution is 6.30. The van der Waals surface area contributed by atoms with E-state index in [4.69, 9.17) is 16.1 Å². The summed E-state index contributed by atoms with van der Waals surface area (Å²) in [5.41, 5.74) is 0.814. The van der Waals surface area contributed by atoms with E-state index in [1.54, 1.807) is 26.2 Å². The fourth-order valence-electron chi connectivity index (χ4n) is 1.89. The molecule has 1 N–H and O–H groups in total. The standard InChI is InChI=1S/C16H19ClN4O3/c1-21(2)15(23)10-18-13(22)4-3-5-14-19-16(20-24-14)11-6-8-12(17)9-7-11/h6-9H,3-5,10H2,1-2H3,(H,18,22). The third-order valence-corrected chi connectivity index (χ3v) is 3.55. The molecule has 0 aliphatic rings. The van der Waals surface area contributed by atoms with E-state index < -0.39 is 0 Å². The van der Waals surface area contributed by atoms with Crippen molar-refractivity contribution in [3.05, 3.63) is 35.2 Å². The molecule has 0 aliphatic heterocycles. The molecule has 0 fully saturated rings. The summed E-state index contributed by atoms with van der Waals surface area (Å²) in [6.45, 7) is 0.00705. The maximum atomic E-state index is 11.7. The molecule has 8 heteroatoms. The Hall–Kier alpha value is -2.41. The van der Waals surface area contributed by atoms with Crippen LogP contribution in [0.25, 0.3) is 11.4 Å². The highest BCUT2D eigenvalue weighted by Crippen LogP contribution is 2.19. The van der Waals surface area contributed by atoms with E-state index in [1.807, 2.05) is 12.1 Å². The van der Waals surface area contributed by atoms with Gasteiger partial charge >= 0.3 is 0 Å². The number of aromatic nitrogens is 2. The number of rotatable bonds is 7. The molecule has 2 aromatic rings. The van der Waals surface area contributed by atoms with Crippen molar-refractivity contribution in [3.63, 3.8) is 0 Å². The van der Waals surface area contributed by atoms with Crippen molar-refractivity contribution in [2.45, 2.75) is 19.3 Å². The molecular formula is C16H19ClN4O3. The van der Waals surface area contributed by atoms with Gasteiger partial charge in [-0.15, -0.1) is 0 Å². The molecule has 0 saturated heterocycles. The predicted molar refractivity (Wildman–Crippen MR) is 89.4 cm³/mol. The number of nitrogens with zero attached hydrogens (tertiary/aromatic N) is 3. The van der Waals surface area contributed by atoms with Gasteiger partial charge in [-0.2, -0.15) is 4.98 Å². The first-order valence-corrected chi connectivity index (χ1v) is 7.89. The van der Waals surface area contributed by atoms with Crippen LogP contribution in [0.4, 0.5) is 0 Å². The van der Waals surface area contributed by atoms with E-state index in [-0.39, 0.29) is 18.4 Å². The van der Waals surface area contributed by atoms with Gasteiger partial charge < -0.3 is 14.7 Å². The van der Waals surface area contributed by atoms with Gasteiger partial charge in [-0.05, 0) is 30.7 Å². The van der Waals surface area contributed by atoms with Crippen LogP contribution in [0.3, 0.4) is 0 Å². The molecule has 1 aromatic carbocycles. The SMILES string of the molecule is CN(C)C(=O)CNC(=O)CCCc1nc(-c2ccc(Cl)cc2)no1. The number of nitrogens with one attached hydrogen (secondary N) is 1. The monoisotopic (exact) mass is 350 g/mol. The molecule has 7 nitrogen and oxygen atoms in total. The molecule has 24 heavy (non-hydrogen) atoms. The second-order valence-electron chi connectivity index (χ2n) is 5.44. The van der Waals surface area contributed by atoms with E-state index in [0.29, 0.717) is 36.0 Å². The molecule has 0 atom stereocenters. The Balaban J connectivity index is 1.76. The number of amides is 2. The van der Waals surface area contributed by atoms with Crippen LogP contribution in [-0.4, -0.2) is 47.5 Å². The summed E-state index contributed by atoms with van der Waals surface area (Å²) in [5.74, 6) is 0.635. The minimum atomic E-state index is -0.178. The topological polar surface area (TPSA) is 88.3 Å². The van der Waals surface area contributed by atoms with Crippen LogP contribution < -0.4 is 5.32 Å². The van der Waals surface area contributed by atoms with Crippen molar-refractivity contribution in [3.8, 4) is 11.4 Å². The average Bonchev–Trinajstić information content (AvgIpc) is 3.02. The summed E-state index contributed by atoms with van der Waals surface area (Å²) in [7, 11) is 3.28. The lowest BCUT2D eigenvalue weighted by Gasteiger charge is -2.10. The molecule has 0 spiro atoms. The summed E-state index contributed by atoms with van der Waals surface area (Å²) < 4.78 is 5.17. The van der Waals surface area contributed by atoms with Gasteiger partial charge in [0.25, 0.3) is 0 Å². The van der Waals surface area contributed by atoms with Crippen molar-refractivity contribution in [2.75, 3.05) is 20.6 Å². The number of benzene rings is 1. The first-order valence-electron chi connectivity index (χ1n) is 7.51. The number of aryl methyl sites for hydroxylation is 1. The summed E-state index contributed by atoms with van der Waals surface area (Å²) in [6, 6.07) is 7.14. The van der Waals surface area contributed by atoms with Crippen molar-refractivity contribution in [2.24, 2.45) is 0 Å². The lowest BCUT2D eigenvalue weighted by atomic mass is 10.2. The number of likely N-dealkylation sites (N-methyl/N-ethyl adjacent to an activating group) is 1. The van der Waals surface area contributed by atoms with Crippen LogP contribution in [0.15, 0.2) is 28.8 Å². The first kappa shape index (κ1) is 17.9. The average molecular weight is 351 g/mol. The Morgan fingerprint density at radius 3 is 2.62 bits per heavy atom. The highest BCUT2D eigenvalue weighted by atomic mass is 35.5. The van der Waals surface area contributed by atoms with Crippen LogP contribution >= 0.6 is 11.6 Å². The van der Waals surface area contributed by atoms with Gasteiger partial charge in [0.05, 0.1) is 6.54 Å². The van der Waals surface area contributed by atoms with Gasteiger partial charge in [-0.25, -0.2) is 0 Å². The largest absolute Gasteiger partial charge is 0.347 e. The van der Waals surface area contributed by atoms with Gasteiger partial charge in [0, 0.05) is 37.5 Å². The molecule has 0 radical (unpaired) electrons. The van der Waals surface area contributed by atoms with Crippen molar-refractivity contribution in [1.82, 2.24) is 20.4 Å². The highest BCUT2D eigenvalue weighted by Gasteiger charge is 2.10. The quantitative estimate of drug-likeness (QED) is 0.824. The summed E-state index contributed by atoms with van der Waals surface area (Å²) in [4.78, 5) is 28.7. The van der Waals surface area contributed by atoms with E-state index >= 15 is 0 Å². The van der Waals surface area contributed by atoms with Crippen LogP contribution in [0.2, 0.25) is 5.02 Å². The number of carbonyl (C=O) groups is 2. The number of carbonyl (C=O) groups excluding carboxylic acids is 2. The maximum Gasteiger partial charge on any atom is 0.241 e. The fraction of sp³-hybridized carbons (Fsp3) is 0.375. The van der Waals surface area contributed by atoms with Crippen LogP contribution in [0.1, 0.15) is 18.7 Å².